The molecule has 0 aliphatic carbocycles. The number of rotatable bonds is 9. The molecule has 0 spiro atoms. The van der Waals surface area contributed by atoms with E-state index in [0.29, 0.717) is 13.2 Å². The molecular weight excluding hydrogens is 226 g/mol. The van der Waals surface area contributed by atoms with Crippen LogP contribution in [0.4, 0.5) is 0 Å². The monoisotopic (exact) mass is 251 g/mol. The molecule has 3 nitrogen and oxygen atoms in total. The van der Waals surface area contributed by atoms with E-state index < -0.39 is 0 Å². The van der Waals surface area contributed by atoms with Crippen molar-refractivity contribution in [3.8, 4) is 0 Å². The zero-order valence-electron chi connectivity index (χ0n) is 11.7. The van der Waals surface area contributed by atoms with Crippen molar-refractivity contribution in [3.05, 3.63) is 35.9 Å². The molecule has 0 aliphatic heterocycles. The van der Waals surface area contributed by atoms with Crippen molar-refractivity contribution in [1.29, 1.82) is 0 Å². The highest BCUT2D eigenvalue weighted by atomic mass is 16.5. The van der Waals surface area contributed by atoms with E-state index in [1.54, 1.807) is 7.11 Å². The van der Waals surface area contributed by atoms with Gasteiger partial charge in [-0.1, -0.05) is 37.3 Å². The molecule has 2 atom stereocenters. The molecule has 1 rings (SSSR count). The highest BCUT2D eigenvalue weighted by Crippen LogP contribution is 2.13. The predicted molar refractivity (Wildman–Crippen MR) is 74.8 cm³/mol. The average molecular weight is 251 g/mol. The number of benzene rings is 1. The quantitative estimate of drug-likeness (QED) is 0.732. The number of hydrogen-bond donors (Lipinski definition) is 1. The first-order valence-corrected chi connectivity index (χ1v) is 6.66. The molecule has 0 radical (unpaired) electrons. The van der Waals surface area contributed by atoms with Crippen molar-refractivity contribution in [2.45, 2.75) is 32.4 Å². The van der Waals surface area contributed by atoms with Crippen LogP contribution in [0.25, 0.3) is 0 Å². The largest absolute Gasteiger partial charge is 0.382 e. The first-order valence-electron chi connectivity index (χ1n) is 6.66. The van der Waals surface area contributed by atoms with Crippen molar-refractivity contribution < 1.29 is 9.47 Å². The lowest BCUT2D eigenvalue weighted by atomic mass is 10.1. The van der Waals surface area contributed by atoms with E-state index in [9.17, 15) is 0 Å². The van der Waals surface area contributed by atoms with Gasteiger partial charge in [-0.05, 0) is 25.5 Å². The van der Waals surface area contributed by atoms with Crippen LogP contribution < -0.4 is 5.32 Å². The molecule has 0 heterocycles. The van der Waals surface area contributed by atoms with Gasteiger partial charge in [0, 0.05) is 7.11 Å². The molecule has 0 amide bonds. The molecule has 3 heteroatoms. The Morgan fingerprint density at radius 1 is 1.17 bits per heavy atom. The highest BCUT2D eigenvalue weighted by molar-refractivity contribution is 5.18. The minimum Gasteiger partial charge on any atom is -0.382 e. The minimum atomic E-state index is 0.129. The van der Waals surface area contributed by atoms with E-state index >= 15 is 0 Å². The van der Waals surface area contributed by atoms with Gasteiger partial charge in [0.25, 0.3) is 0 Å². The summed E-state index contributed by atoms with van der Waals surface area (Å²) in [5.41, 5.74) is 1.27. The maximum absolute atomic E-state index is 5.81. The SMILES string of the molecule is CCCNC(COC(C)COC)c1ccccc1. The van der Waals surface area contributed by atoms with Gasteiger partial charge >= 0.3 is 0 Å². The molecule has 0 aliphatic rings. The smallest absolute Gasteiger partial charge is 0.0781 e. The summed E-state index contributed by atoms with van der Waals surface area (Å²) in [5, 5.41) is 3.52. The molecular formula is C15H25NO2. The Bertz CT molecular complexity index is 303. The molecule has 0 fully saturated rings. The number of nitrogens with one attached hydrogen (secondary N) is 1. The van der Waals surface area contributed by atoms with E-state index in [4.69, 9.17) is 9.47 Å². The highest BCUT2D eigenvalue weighted by Gasteiger charge is 2.12. The first kappa shape index (κ1) is 15.2. The zero-order chi connectivity index (χ0) is 13.2. The third-order valence-corrected chi connectivity index (χ3v) is 2.79. The van der Waals surface area contributed by atoms with Crippen molar-refractivity contribution in [2.24, 2.45) is 0 Å². The fourth-order valence-electron chi connectivity index (χ4n) is 1.82. The van der Waals surface area contributed by atoms with Gasteiger partial charge in [0.1, 0.15) is 0 Å². The lowest BCUT2D eigenvalue weighted by molar-refractivity contribution is -0.000525. The first-order chi connectivity index (χ1) is 8.77. The minimum absolute atomic E-state index is 0.129. The van der Waals surface area contributed by atoms with Crippen molar-refractivity contribution in [2.75, 3.05) is 26.9 Å². The van der Waals surface area contributed by atoms with Crippen LogP contribution in [-0.2, 0) is 9.47 Å². The van der Waals surface area contributed by atoms with E-state index in [2.05, 4.69) is 36.5 Å². The molecule has 0 aromatic heterocycles. The summed E-state index contributed by atoms with van der Waals surface area (Å²) in [5.74, 6) is 0. The normalized spacial score (nSPS) is 14.4. The van der Waals surface area contributed by atoms with Crippen LogP contribution in [0.3, 0.4) is 0 Å². The Labute approximate surface area is 110 Å². The van der Waals surface area contributed by atoms with Gasteiger partial charge < -0.3 is 14.8 Å². The number of ether oxygens (including phenoxy) is 2. The summed E-state index contributed by atoms with van der Waals surface area (Å²) in [6, 6.07) is 10.7. The molecule has 2 unspecified atom stereocenters. The Kier molecular flexibility index (Phi) is 7.65. The van der Waals surface area contributed by atoms with Gasteiger partial charge in [0.05, 0.1) is 25.4 Å². The standard InChI is InChI=1S/C15H25NO2/c1-4-10-16-15(12-18-13(2)11-17-3)14-8-6-5-7-9-14/h5-9,13,15-16H,4,10-12H2,1-3H3. The molecule has 1 aromatic rings. The van der Waals surface area contributed by atoms with Gasteiger partial charge in [-0.25, -0.2) is 0 Å². The lowest BCUT2D eigenvalue weighted by Gasteiger charge is -2.21. The summed E-state index contributed by atoms with van der Waals surface area (Å²) >= 11 is 0. The van der Waals surface area contributed by atoms with Crippen LogP contribution >= 0.6 is 0 Å². The van der Waals surface area contributed by atoms with Crippen LogP contribution in [0.2, 0.25) is 0 Å². The van der Waals surface area contributed by atoms with Crippen molar-refractivity contribution in [3.63, 3.8) is 0 Å². The maximum Gasteiger partial charge on any atom is 0.0781 e. The van der Waals surface area contributed by atoms with Crippen molar-refractivity contribution in [1.82, 2.24) is 5.32 Å². The molecule has 0 saturated heterocycles. The summed E-state index contributed by atoms with van der Waals surface area (Å²) in [4.78, 5) is 0. The average Bonchev–Trinajstić information content (AvgIpc) is 2.40. The van der Waals surface area contributed by atoms with Gasteiger partial charge in [-0.15, -0.1) is 0 Å². The molecule has 1 N–H and O–H groups in total. The Morgan fingerprint density at radius 2 is 1.89 bits per heavy atom. The molecule has 1 aromatic carbocycles. The van der Waals surface area contributed by atoms with Gasteiger partial charge in [0.2, 0.25) is 0 Å². The summed E-state index contributed by atoms with van der Waals surface area (Å²) < 4.78 is 10.9. The summed E-state index contributed by atoms with van der Waals surface area (Å²) in [7, 11) is 1.70. The topological polar surface area (TPSA) is 30.5 Å². The van der Waals surface area contributed by atoms with Gasteiger partial charge in [-0.3, -0.25) is 0 Å². The zero-order valence-corrected chi connectivity index (χ0v) is 11.7. The lowest BCUT2D eigenvalue weighted by Crippen LogP contribution is -2.29. The van der Waals surface area contributed by atoms with Crippen LogP contribution in [0.1, 0.15) is 31.9 Å². The third-order valence-electron chi connectivity index (χ3n) is 2.79. The van der Waals surface area contributed by atoms with Crippen LogP contribution in [0, 0.1) is 0 Å². The molecule has 0 saturated carbocycles. The predicted octanol–water partition coefficient (Wildman–Crippen LogP) is 2.78. The Balaban J connectivity index is 2.51. The molecule has 0 bridgehead atoms. The maximum atomic E-state index is 5.81. The van der Waals surface area contributed by atoms with Crippen LogP contribution in [-0.4, -0.2) is 33.0 Å². The second-order valence-corrected chi connectivity index (χ2v) is 4.52. The fraction of sp³-hybridized carbons (Fsp3) is 0.600. The summed E-state index contributed by atoms with van der Waals surface area (Å²) in [6.45, 7) is 6.51. The van der Waals surface area contributed by atoms with Gasteiger partial charge in [-0.2, -0.15) is 0 Å². The molecule has 18 heavy (non-hydrogen) atoms. The van der Waals surface area contributed by atoms with Crippen molar-refractivity contribution >= 4 is 0 Å². The van der Waals surface area contributed by atoms with Crippen LogP contribution in [0.5, 0.6) is 0 Å². The van der Waals surface area contributed by atoms with E-state index in [0.717, 1.165) is 13.0 Å². The van der Waals surface area contributed by atoms with Crippen LogP contribution in [0.15, 0.2) is 30.3 Å². The number of hydrogen-bond acceptors (Lipinski definition) is 3. The number of methoxy groups -OCH3 is 1. The Hall–Kier alpha value is -0.900. The second kappa shape index (κ2) is 9.09. The molecule has 102 valence electrons. The second-order valence-electron chi connectivity index (χ2n) is 4.52. The summed E-state index contributed by atoms with van der Waals surface area (Å²) in [6.07, 6.45) is 1.25. The van der Waals surface area contributed by atoms with E-state index in [1.165, 1.54) is 5.56 Å². The fourth-order valence-corrected chi connectivity index (χ4v) is 1.82. The van der Waals surface area contributed by atoms with E-state index in [1.807, 2.05) is 13.0 Å². The van der Waals surface area contributed by atoms with E-state index in [-0.39, 0.29) is 12.1 Å². The van der Waals surface area contributed by atoms with Gasteiger partial charge in [0.15, 0.2) is 0 Å². The third kappa shape index (κ3) is 5.63. The Morgan fingerprint density at radius 3 is 2.50 bits per heavy atom.